The molecule has 36 heavy (non-hydrogen) atoms. The summed E-state index contributed by atoms with van der Waals surface area (Å²) in [6.07, 6.45) is 3.78. The highest BCUT2D eigenvalue weighted by Gasteiger charge is 2.25. The third kappa shape index (κ3) is 6.21. The molecular weight excluding hydrogens is 465 g/mol. The van der Waals surface area contributed by atoms with E-state index in [-0.39, 0.29) is 48.0 Å². The predicted octanol–water partition coefficient (Wildman–Crippen LogP) is 3.34. The largest absolute Gasteiger partial charge is 0.460 e. The number of amides is 1. The Balaban J connectivity index is 1.33. The number of ether oxygens (including phenoxy) is 2. The maximum atomic E-state index is 15.0. The van der Waals surface area contributed by atoms with E-state index in [0.717, 1.165) is 0 Å². The minimum Gasteiger partial charge on any atom is -0.460 e. The summed E-state index contributed by atoms with van der Waals surface area (Å²) in [7, 11) is 0. The number of nitrogens with zero attached hydrogens (tertiary/aromatic N) is 3. The molecule has 0 saturated carbocycles. The molecule has 0 unspecified atom stereocenters. The molecule has 2 aromatic carbocycles. The van der Waals surface area contributed by atoms with Gasteiger partial charge in [-0.25, -0.2) is 14.4 Å². The molecule has 0 spiro atoms. The van der Waals surface area contributed by atoms with Crippen molar-refractivity contribution in [1.82, 2.24) is 14.9 Å². The molecular formula is C26H26FN5O4. The Morgan fingerprint density at radius 3 is 2.42 bits per heavy atom. The SMILES string of the molecule is N=C(N)CC(=O)OCc1cccc(-c2cnc(OC3CCN(C(=O)c4ccccc4)CC3)nc2)c1F. The second-order valence-electron chi connectivity index (χ2n) is 8.37. The molecule has 1 saturated heterocycles. The van der Waals surface area contributed by atoms with E-state index in [1.54, 1.807) is 24.3 Å². The summed E-state index contributed by atoms with van der Waals surface area (Å²) >= 11 is 0. The number of nitrogens with two attached hydrogens (primary N) is 1. The van der Waals surface area contributed by atoms with Crippen LogP contribution in [-0.4, -0.2) is 51.8 Å². The summed E-state index contributed by atoms with van der Waals surface area (Å²) < 4.78 is 25.9. The Bertz CT molecular complexity index is 1230. The standard InChI is InChI=1S/C26H26FN5O4/c27-24-18(16-35-23(33)13-22(28)29)7-4-8-21(24)19-14-30-26(31-15-19)36-20-9-11-32(12-10-20)25(34)17-5-2-1-3-6-17/h1-8,14-15,20H,9-13,16H2,(H3,28,29). The Hall–Kier alpha value is -4.34. The minimum absolute atomic E-state index is 0.00697. The van der Waals surface area contributed by atoms with Crippen LogP contribution in [0.4, 0.5) is 4.39 Å². The van der Waals surface area contributed by atoms with Crippen LogP contribution in [-0.2, 0) is 16.1 Å². The van der Waals surface area contributed by atoms with Gasteiger partial charge < -0.3 is 20.1 Å². The van der Waals surface area contributed by atoms with Crippen LogP contribution in [0.15, 0.2) is 60.9 Å². The Morgan fingerprint density at radius 2 is 1.75 bits per heavy atom. The average Bonchev–Trinajstić information content (AvgIpc) is 2.89. The first kappa shape index (κ1) is 24.8. The maximum Gasteiger partial charge on any atom is 0.316 e. The number of carbonyl (C=O) groups excluding carboxylic acids is 2. The highest BCUT2D eigenvalue weighted by Crippen LogP contribution is 2.26. The molecule has 10 heteroatoms. The number of likely N-dealkylation sites (tertiary alicyclic amines) is 1. The van der Waals surface area contributed by atoms with E-state index in [1.807, 2.05) is 23.1 Å². The van der Waals surface area contributed by atoms with Crippen LogP contribution < -0.4 is 10.5 Å². The molecule has 1 amide bonds. The predicted molar refractivity (Wildman–Crippen MR) is 130 cm³/mol. The lowest BCUT2D eigenvalue weighted by Gasteiger charge is -2.31. The fourth-order valence-corrected chi connectivity index (χ4v) is 3.88. The Morgan fingerprint density at radius 1 is 1.06 bits per heavy atom. The molecule has 1 fully saturated rings. The molecule has 1 aromatic heterocycles. The summed E-state index contributed by atoms with van der Waals surface area (Å²) in [5.41, 5.74) is 6.73. The second-order valence-corrected chi connectivity index (χ2v) is 8.37. The number of nitrogens with one attached hydrogen (secondary N) is 1. The molecule has 1 aliphatic heterocycles. The quantitative estimate of drug-likeness (QED) is 0.281. The van der Waals surface area contributed by atoms with E-state index in [2.05, 4.69) is 9.97 Å². The zero-order chi connectivity index (χ0) is 25.5. The Kier molecular flexibility index (Phi) is 7.84. The number of carbonyl (C=O) groups is 2. The van der Waals surface area contributed by atoms with Gasteiger partial charge in [0.2, 0.25) is 0 Å². The summed E-state index contributed by atoms with van der Waals surface area (Å²) in [5, 5.41) is 7.12. The lowest BCUT2D eigenvalue weighted by molar-refractivity contribution is -0.143. The van der Waals surface area contributed by atoms with Gasteiger partial charge in [-0.2, -0.15) is 0 Å². The van der Waals surface area contributed by atoms with Gasteiger partial charge in [0.15, 0.2) is 0 Å². The highest BCUT2D eigenvalue weighted by atomic mass is 19.1. The van der Waals surface area contributed by atoms with Crippen LogP contribution in [0.3, 0.4) is 0 Å². The van der Waals surface area contributed by atoms with Gasteiger partial charge in [0.05, 0.1) is 0 Å². The number of halogens is 1. The normalized spacial score (nSPS) is 13.8. The first-order valence-corrected chi connectivity index (χ1v) is 11.5. The van der Waals surface area contributed by atoms with Crippen LogP contribution >= 0.6 is 0 Å². The Labute approximate surface area is 207 Å². The van der Waals surface area contributed by atoms with E-state index in [1.165, 1.54) is 18.5 Å². The number of amidine groups is 1. The summed E-state index contributed by atoms with van der Waals surface area (Å²) in [6.45, 7) is 0.871. The van der Waals surface area contributed by atoms with Crippen LogP contribution in [0.25, 0.3) is 11.1 Å². The number of rotatable bonds is 8. The van der Waals surface area contributed by atoms with Crippen molar-refractivity contribution >= 4 is 17.7 Å². The lowest BCUT2D eigenvalue weighted by atomic mass is 10.1. The number of aromatic nitrogens is 2. The molecule has 3 N–H and O–H groups in total. The van der Waals surface area contributed by atoms with E-state index in [4.69, 9.17) is 20.6 Å². The lowest BCUT2D eigenvalue weighted by Crippen LogP contribution is -2.41. The van der Waals surface area contributed by atoms with Gasteiger partial charge in [-0.15, -0.1) is 0 Å². The van der Waals surface area contributed by atoms with Crippen molar-refractivity contribution in [2.24, 2.45) is 5.73 Å². The number of hydrogen-bond donors (Lipinski definition) is 2. The molecule has 4 rings (SSSR count). The van der Waals surface area contributed by atoms with E-state index in [0.29, 0.717) is 37.1 Å². The molecule has 9 nitrogen and oxygen atoms in total. The molecule has 186 valence electrons. The fraction of sp³-hybridized carbons (Fsp3) is 0.269. The second kappa shape index (κ2) is 11.4. The number of hydrogen-bond acceptors (Lipinski definition) is 7. The average molecular weight is 492 g/mol. The van der Waals surface area contributed by atoms with Crippen molar-refractivity contribution < 1.29 is 23.5 Å². The van der Waals surface area contributed by atoms with Crippen molar-refractivity contribution in [3.05, 3.63) is 77.9 Å². The van der Waals surface area contributed by atoms with Gasteiger partial charge in [0.1, 0.15) is 30.8 Å². The van der Waals surface area contributed by atoms with Crippen LogP contribution in [0.2, 0.25) is 0 Å². The van der Waals surface area contributed by atoms with Gasteiger partial charge in [-0.05, 0) is 12.1 Å². The number of piperidine rings is 1. The van der Waals surface area contributed by atoms with Crippen LogP contribution in [0.5, 0.6) is 6.01 Å². The summed E-state index contributed by atoms with van der Waals surface area (Å²) in [4.78, 5) is 34.5. The van der Waals surface area contributed by atoms with Crippen LogP contribution in [0, 0.1) is 11.2 Å². The molecule has 1 aliphatic rings. The zero-order valence-electron chi connectivity index (χ0n) is 19.5. The maximum absolute atomic E-state index is 15.0. The van der Waals surface area contributed by atoms with Gasteiger partial charge in [-0.1, -0.05) is 36.4 Å². The van der Waals surface area contributed by atoms with Crippen molar-refractivity contribution in [3.63, 3.8) is 0 Å². The van der Waals surface area contributed by atoms with Gasteiger partial charge >= 0.3 is 12.0 Å². The third-order valence-corrected chi connectivity index (χ3v) is 5.76. The summed E-state index contributed by atoms with van der Waals surface area (Å²) in [6, 6.07) is 14.1. The van der Waals surface area contributed by atoms with E-state index in [9.17, 15) is 14.0 Å². The first-order valence-electron chi connectivity index (χ1n) is 11.5. The molecule has 0 bridgehead atoms. The van der Waals surface area contributed by atoms with Gasteiger partial charge in [-0.3, -0.25) is 15.0 Å². The molecule has 0 radical (unpaired) electrons. The zero-order valence-corrected chi connectivity index (χ0v) is 19.5. The minimum atomic E-state index is -0.701. The molecule has 0 atom stereocenters. The van der Waals surface area contributed by atoms with Crippen molar-refractivity contribution in [1.29, 1.82) is 5.41 Å². The highest BCUT2D eigenvalue weighted by molar-refractivity contribution is 5.95. The molecule has 2 heterocycles. The van der Waals surface area contributed by atoms with Crippen molar-refractivity contribution in [2.75, 3.05) is 13.1 Å². The molecule has 3 aromatic rings. The number of esters is 1. The van der Waals surface area contributed by atoms with Crippen molar-refractivity contribution in [3.8, 4) is 17.1 Å². The van der Waals surface area contributed by atoms with E-state index >= 15 is 0 Å². The van der Waals surface area contributed by atoms with Crippen molar-refractivity contribution in [2.45, 2.75) is 32.0 Å². The van der Waals surface area contributed by atoms with E-state index < -0.39 is 11.8 Å². The van der Waals surface area contributed by atoms with Gasteiger partial charge in [0.25, 0.3) is 5.91 Å². The third-order valence-electron chi connectivity index (χ3n) is 5.76. The van der Waals surface area contributed by atoms with Crippen LogP contribution in [0.1, 0.15) is 35.2 Å². The summed E-state index contributed by atoms with van der Waals surface area (Å²) in [5.74, 6) is -1.57. The number of benzene rings is 2. The fourth-order valence-electron chi connectivity index (χ4n) is 3.88. The van der Waals surface area contributed by atoms with Gasteiger partial charge in [0, 0.05) is 60.6 Å². The smallest absolute Gasteiger partial charge is 0.316 e. The monoisotopic (exact) mass is 491 g/mol. The molecule has 0 aliphatic carbocycles. The topological polar surface area (TPSA) is 131 Å². The first-order chi connectivity index (χ1) is 17.4.